The summed E-state index contributed by atoms with van der Waals surface area (Å²) in [6, 6.07) is 6.93. The Labute approximate surface area is 89.4 Å². The molecule has 15 heavy (non-hydrogen) atoms. The molecule has 0 fully saturated rings. The Morgan fingerprint density at radius 3 is 2.20 bits per heavy atom. The van der Waals surface area contributed by atoms with Crippen molar-refractivity contribution in [1.82, 2.24) is 4.90 Å². The van der Waals surface area contributed by atoms with Crippen LogP contribution in [0.5, 0.6) is 11.5 Å². The molecule has 0 spiro atoms. The average molecular weight is 209 g/mol. The highest BCUT2D eigenvalue weighted by Gasteiger charge is 2.05. The minimum absolute atomic E-state index is 0.390. The van der Waals surface area contributed by atoms with Crippen molar-refractivity contribution >= 4 is 6.09 Å². The molecular weight excluding hydrogens is 194 g/mol. The molecule has 0 unspecified atom stereocenters. The first-order valence-electron chi connectivity index (χ1n) is 4.75. The van der Waals surface area contributed by atoms with Crippen LogP contribution in [-0.4, -0.2) is 31.7 Å². The van der Waals surface area contributed by atoms with E-state index in [1.165, 1.54) is 4.90 Å². The van der Waals surface area contributed by atoms with Gasteiger partial charge in [0, 0.05) is 14.1 Å². The van der Waals surface area contributed by atoms with Crippen LogP contribution in [0.15, 0.2) is 24.3 Å². The lowest BCUT2D eigenvalue weighted by Gasteiger charge is -2.10. The van der Waals surface area contributed by atoms with Gasteiger partial charge >= 0.3 is 6.09 Å². The second-order valence-corrected chi connectivity index (χ2v) is 3.17. The van der Waals surface area contributed by atoms with Gasteiger partial charge in [0.25, 0.3) is 0 Å². The van der Waals surface area contributed by atoms with E-state index in [1.54, 1.807) is 38.4 Å². The van der Waals surface area contributed by atoms with Crippen molar-refractivity contribution in [3.05, 3.63) is 24.3 Å². The lowest BCUT2D eigenvalue weighted by molar-refractivity contribution is 0.172. The van der Waals surface area contributed by atoms with Gasteiger partial charge in [0.2, 0.25) is 0 Å². The summed E-state index contributed by atoms with van der Waals surface area (Å²) in [4.78, 5) is 12.6. The number of carbonyl (C=O) groups excluding carboxylic acids is 1. The van der Waals surface area contributed by atoms with Crippen LogP contribution in [0.2, 0.25) is 0 Å². The van der Waals surface area contributed by atoms with E-state index in [2.05, 4.69) is 0 Å². The van der Waals surface area contributed by atoms with Gasteiger partial charge in [-0.25, -0.2) is 4.79 Å². The second kappa shape index (κ2) is 5.24. The fourth-order valence-electron chi connectivity index (χ4n) is 0.963. The van der Waals surface area contributed by atoms with Gasteiger partial charge in [0.15, 0.2) is 0 Å². The predicted octanol–water partition coefficient (Wildman–Crippen LogP) is 2.15. The predicted molar refractivity (Wildman–Crippen MR) is 57.3 cm³/mol. The zero-order valence-electron chi connectivity index (χ0n) is 9.19. The van der Waals surface area contributed by atoms with Crippen molar-refractivity contribution in [1.29, 1.82) is 0 Å². The van der Waals surface area contributed by atoms with Gasteiger partial charge in [-0.15, -0.1) is 0 Å². The number of rotatable bonds is 3. The highest BCUT2D eigenvalue weighted by Crippen LogP contribution is 2.17. The van der Waals surface area contributed by atoms with Gasteiger partial charge < -0.3 is 14.4 Å². The number of ether oxygens (including phenoxy) is 2. The lowest BCUT2D eigenvalue weighted by atomic mass is 10.3. The van der Waals surface area contributed by atoms with Gasteiger partial charge in [0.1, 0.15) is 11.5 Å². The summed E-state index contributed by atoms with van der Waals surface area (Å²) in [5, 5.41) is 0. The molecule has 1 rings (SSSR count). The standard InChI is InChI=1S/C11H15NO3/c1-4-14-9-5-7-10(8-6-9)15-11(13)12(2)3/h5-8H,4H2,1-3H3. The van der Waals surface area contributed by atoms with Gasteiger partial charge in [-0.3, -0.25) is 0 Å². The van der Waals surface area contributed by atoms with E-state index in [0.717, 1.165) is 5.75 Å². The summed E-state index contributed by atoms with van der Waals surface area (Å²) < 4.78 is 10.3. The van der Waals surface area contributed by atoms with Crippen LogP contribution in [0.4, 0.5) is 4.79 Å². The third kappa shape index (κ3) is 3.50. The minimum Gasteiger partial charge on any atom is -0.494 e. The highest BCUT2D eigenvalue weighted by atomic mass is 16.6. The van der Waals surface area contributed by atoms with E-state index in [-0.39, 0.29) is 6.09 Å². The molecule has 4 nitrogen and oxygen atoms in total. The third-order valence-electron chi connectivity index (χ3n) is 1.71. The molecule has 0 saturated carbocycles. The van der Waals surface area contributed by atoms with Crippen molar-refractivity contribution in [2.45, 2.75) is 6.92 Å². The summed E-state index contributed by atoms with van der Waals surface area (Å²) in [5.74, 6) is 1.28. The highest BCUT2D eigenvalue weighted by molar-refractivity contribution is 5.69. The topological polar surface area (TPSA) is 38.8 Å². The van der Waals surface area contributed by atoms with Crippen LogP contribution in [0.1, 0.15) is 6.92 Å². The van der Waals surface area contributed by atoms with Crippen LogP contribution in [0, 0.1) is 0 Å². The molecule has 0 heterocycles. The fourth-order valence-corrected chi connectivity index (χ4v) is 0.963. The van der Waals surface area contributed by atoms with Crippen LogP contribution < -0.4 is 9.47 Å². The summed E-state index contributed by atoms with van der Waals surface area (Å²) in [7, 11) is 3.27. The van der Waals surface area contributed by atoms with E-state index in [9.17, 15) is 4.79 Å². The summed E-state index contributed by atoms with van der Waals surface area (Å²) in [6.45, 7) is 2.54. The maximum atomic E-state index is 11.2. The van der Waals surface area contributed by atoms with Crippen LogP contribution in [0.25, 0.3) is 0 Å². The Morgan fingerprint density at radius 1 is 1.20 bits per heavy atom. The van der Waals surface area contributed by atoms with Crippen LogP contribution >= 0.6 is 0 Å². The molecule has 1 aromatic carbocycles. The molecule has 0 atom stereocenters. The number of hydrogen-bond acceptors (Lipinski definition) is 3. The van der Waals surface area contributed by atoms with E-state index < -0.39 is 0 Å². The average Bonchev–Trinajstić information content (AvgIpc) is 2.21. The minimum atomic E-state index is -0.390. The number of nitrogens with zero attached hydrogens (tertiary/aromatic N) is 1. The van der Waals surface area contributed by atoms with Crippen molar-refractivity contribution < 1.29 is 14.3 Å². The molecular formula is C11H15NO3. The first kappa shape index (κ1) is 11.4. The number of carbonyl (C=O) groups is 1. The Morgan fingerprint density at radius 2 is 1.73 bits per heavy atom. The normalized spacial score (nSPS) is 9.53. The fraction of sp³-hybridized carbons (Fsp3) is 0.364. The summed E-state index contributed by atoms with van der Waals surface area (Å²) >= 11 is 0. The lowest BCUT2D eigenvalue weighted by Crippen LogP contribution is -2.25. The number of benzene rings is 1. The van der Waals surface area contributed by atoms with E-state index in [4.69, 9.17) is 9.47 Å². The monoisotopic (exact) mass is 209 g/mol. The van der Waals surface area contributed by atoms with Crippen LogP contribution in [0.3, 0.4) is 0 Å². The zero-order chi connectivity index (χ0) is 11.3. The summed E-state index contributed by atoms with van der Waals surface area (Å²) in [6.07, 6.45) is -0.390. The molecule has 0 aliphatic carbocycles. The van der Waals surface area contributed by atoms with Crippen molar-refractivity contribution in [3.63, 3.8) is 0 Å². The van der Waals surface area contributed by atoms with E-state index in [1.807, 2.05) is 6.92 Å². The van der Waals surface area contributed by atoms with Crippen molar-refractivity contribution in [2.75, 3.05) is 20.7 Å². The van der Waals surface area contributed by atoms with Crippen LogP contribution in [-0.2, 0) is 0 Å². The SMILES string of the molecule is CCOc1ccc(OC(=O)N(C)C)cc1. The smallest absolute Gasteiger partial charge is 0.414 e. The molecule has 1 amide bonds. The zero-order valence-corrected chi connectivity index (χ0v) is 9.19. The second-order valence-electron chi connectivity index (χ2n) is 3.17. The van der Waals surface area contributed by atoms with Crippen molar-refractivity contribution in [2.24, 2.45) is 0 Å². The van der Waals surface area contributed by atoms with Gasteiger partial charge in [0.05, 0.1) is 6.61 Å². The maximum absolute atomic E-state index is 11.2. The largest absolute Gasteiger partial charge is 0.494 e. The Kier molecular flexibility index (Phi) is 3.97. The van der Waals surface area contributed by atoms with Gasteiger partial charge in [-0.2, -0.15) is 0 Å². The first-order valence-corrected chi connectivity index (χ1v) is 4.75. The molecule has 0 aliphatic rings. The Balaban J connectivity index is 2.60. The van der Waals surface area contributed by atoms with E-state index >= 15 is 0 Å². The Hall–Kier alpha value is -1.71. The Bertz CT molecular complexity index is 319. The molecule has 0 radical (unpaired) electrons. The molecule has 1 aromatic rings. The third-order valence-corrected chi connectivity index (χ3v) is 1.71. The van der Waals surface area contributed by atoms with Gasteiger partial charge in [-0.1, -0.05) is 0 Å². The maximum Gasteiger partial charge on any atom is 0.414 e. The molecule has 0 saturated heterocycles. The quantitative estimate of drug-likeness (QED) is 0.765. The molecule has 0 aromatic heterocycles. The molecule has 0 aliphatic heterocycles. The summed E-state index contributed by atoms with van der Waals surface area (Å²) in [5.41, 5.74) is 0. The van der Waals surface area contributed by atoms with Gasteiger partial charge in [-0.05, 0) is 31.2 Å². The molecule has 0 bridgehead atoms. The molecule has 4 heteroatoms. The molecule has 0 N–H and O–H groups in total. The first-order chi connectivity index (χ1) is 7.13. The molecule has 82 valence electrons. The van der Waals surface area contributed by atoms with E-state index in [0.29, 0.717) is 12.4 Å². The number of amides is 1. The number of hydrogen-bond donors (Lipinski definition) is 0. The van der Waals surface area contributed by atoms with Crippen molar-refractivity contribution in [3.8, 4) is 11.5 Å².